The van der Waals surface area contributed by atoms with E-state index in [1.165, 1.54) is 15.3 Å². The molecule has 8 nitrogen and oxygen atoms in total. The minimum absolute atomic E-state index is 0.0370. The van der Waals surface area contributed by atoms with Gasteiger partial charge in [0.15, 0.2) is 5.65 Å². The first kappa shape index (κ1) is 16.5. The molecule has 1 saturated heterocycles. The van der Waals surface area contributed by atoms with Gasteiger partial charge in [0.1, 0.15) is 11.7 Å². The molecule has 0 saturated carbocycles. The summed E-state index contributed by atoms with van der Waals surface area (Å²) < 4.78 is 8.87. The maximum atomic E-state index is 12.8. The molecule has 24 heavy (non-hydrogen) atoms. The Morgan fingerprint density at radius 1 is 1.62 bits per heavy atom. The topological polar surface area (TPSA) is 108 Å². The third kappa shape index (κ3) is 2.56. The number of aromatic nitrogens is 4. The molecule has 128 valence electrons. The molecular formula is C16H21N5O3. The van der Waals surface area contributed by atoms with E-state index in [4.69, 9.17) is 16.9 Å². The van der Waals surface area contributed by atoms with Crippen molar-refractivity contribution in [2.45, 2.75) is 51.7 Å². The van der Waals surface area contributed by atoms with Crippen LogP contribution in [0.3, 0.4) is 0 Å². The number of nitrogen functional groups attached to an aromatic ring is 1. The van der Waals surface area contributed by atoms with Gasteiger partial charge in [-0.1, -0.05) is 19.8 Å². The van der Waals surface area contributed by atoms with Crippen LogP contribution >= 0.6 is 0 Å². The zero-order valence-corrected chi connectivity index (χ0v) is 13.7. The van der Waals surface area contributed by atoms with Gasteiger partial charge >= 0.3 is 5.69 Å². The summed E-state index contributed by atoms with van der Waals surface area (Å²) in [6.45, 7) is 3.98. The van der Waals surface area contributed by atoms with Gasteiger partial charge in [0.05, 0.1) is 24.9 Å². The van der Waals surface area contributed by atoms with Crippen LogP contribution in [0.25, 0.3) is 11.2 Å². The predicted octanol–water partition coefficient (Wildman–Crippen LogP) is 0.503. The fraction of sp³-hybridized carbons (Fsp3) is 0.562. The number of nitrogens with two attached hydrogens (primary N) is 1. The molecule has 0 aromatic carbocycles. The van der Waals surface area contributed by atoms with Crippen molar-refractivity contribution in [2.75, 3.05) is 5.73 Å². The van der Waals surface area contributed by atoms with E-state index in [0.717, 1.165) is 0 Å². The molecule has 3 rings (SSSR count). The SMILES string of the molecule is C#CCn1c(=O)n([C@@H]2O[C@H]([C@@H](O)CC)C[C@H]2C)c2nc(N)ncc21. The quantitative estimate of drug-likeness (QED) is 0.790. The van der Waals surface area contributed by atoms with Crippen molar-refractivity contribution in [3.63, 3.8) is 0 Å². The number of nitrogens with zero attached hydrogens (tertiary/aromatic N) is 4. The average Bonchev–Trinajstić information content (AvgIpc) is 3.05. The van der Waals surface area contributed by atoms with Gasteiger partial charge in [-0.2, -0.15) is 4.98 Å². The van der Waals surface area contributed by atoms with Crippen LogP contribution in [0.15, 0.2) is 11.0 Å². The van der Waals surface area contributed by atoms with Crippen LogP contribution in [0.1, 0.15) is 32.9 Å². The van der Waals surface area contributed by atoms with Crippen LogP contribution in [0, 0.1) is 18.3 Å². The highest BCUT2D eigenvalue weighted by atomic mass is 16.5. The van der Waals surface area contributed by atoms with E-state index < -0.39 is 12.3 Å². The molecule has 1 aliphatic heterocycles. The van der Waals surface area contributed by atoms with Gasteiger partial charge in [0, 0.05) is 5.92 Å². The van der Waals surface area contributed by atoms with Gasteiger partial charge in [0.2, 0.25) is 5.95 Å². The Bertz CT molecular complexity index is 850. The maximum Gasteiger partial charge on any atom is 0.333 e. The maximum absolute atomic E-state index is 12.8. The van der Waals surface area contributed by atoms with Crippen molar-refractivity contribution in [3.8, 4) is 12.3 Å². The minimum atomic E-state index is -0.563. The van der Waals surface area contributed by atoms with Crippen molar-refractivity contribution in [1.29, 1.82) is 0 Å². The molecule has 0 radical (unpaired) electrons. The predicted molar refractivity (Wildman–Crippen MR) is 89.0 cm³/mol. The molecule has 0 bridgehead atoms. The van der Waals surface area contributed by atoms with Crippen molar-refractivity contribution < 1.29 is 9.84 Å². The van der Waals surface area contributed by atoms with Crippen LogP contribution in [0.2, 0.25) is 0 Å². The first-order valence-corrected chi connectivity index (χ1v) is 7.98. The lowest BCUT2D eigenvalue weighted by atomic mass is 10.0. The molecular weight excluding hydrogens is 310 g/mol. The van der Waals surface area contributed by atoms with Crippen molar-refractivity contribution in [3.05, 3.63) is 16.7 Å². The van der Waals surface area contributed by atoms with Gasteiger partial charge in [-0.25, -0.2) is 14.3 Å². The lowest BCUT2D eigenvalue weighted by Gasteiger charge is -2.19. The summed E-state index contributed by atoms with van der Waals surface area (Å²) in [6, 6.07) is 0. The highest BCUT2D eigenvalue weighted by Gasteiger charge is 2.39. The Hall–Kier alpha value is -2.37. The second-order valence-electron chi connectivity index (χ2n) is 6.13. The second kappa shape index (κ2) is 6.26. The Kier molecular flexibility index (Phi) is 4.30. The largest absolute Gasteiger partial charge is 0.390 e. The summed E-state index contributed by atoms with van der Waals surface area (Å²) in [5.41, 5.74) is 6.29. The number of imidazole rings is 1. The molecule has 2 aromatic heterocycles. The van der Waals surface area contributed by atoms with Crippen molar-refractivity contribution in [1.82, 2.24) is 19.1 Å². The van der Waals surface area contributed by atoms with Gasteiger partial charge in [-0.3, -0.25) is 4.57 Å². The Labute approximate surface area is 139 Å². The number of hydrogen-bond donors (Lipinski definition) is 2. The molecule has 4 atom stereocenters. The minimum Gasteiger partial charge on any atom is -0.390 e. The van der Waals surface area contributed by atoms with E-state index in [2.05, 4.69) is 15.9 Å². The van der Waals surface area contributed by atoms with Gasteiger partial charge in [0.25, 0.3) is 0 Å². The average molecular weight is 331 g/mol. The number of terminal acetylenes is 1. The summed E-state index contributed by atoms with van der Waals surface area (Å²) in [7, 11) is 0. The number of fused-ring (bicyclic) bond motifs is 1. The van der Waals surface area contributed by atoms with Gasteiger partial charge < -0.3 is 15.6 Å². The molecule has 1 fully saturated rings. The van der Waals surface area contributed by atoms with E-state index in [9.17, 15) is 9.90 Å². The van der Waals surface area contributed by atoms with Gasteiger partial charge in [-0.05, 0) is 12.8 Å². The highest BCUT2D eigenvalue weighted by Crippen LogP contribution is 2.36. The van der Waals surface area contributed by atoms with Crippen LogP contribution in [0.5, 0.6) is 0 Å². The first-order chi connectivity index (χ1) is 11.5. The third-order valence-electron chi connectivity index (χ3n) is 4.48. The fourth-order valence-corrected chi connectivity index (χ4v) is 3.22. The Balaban J connectivity index is 2.13. The number of ether oxygens (including phenoxy) is 1. The van der Waals surface area contributed by atoms with Crippen molar-refractivity contribution in [2.24, 2.45) is 5.92 Å². The molecule has 2 aromatic rings. The van der Waals surface area contributed by atoms with Crippen LogP contribution < -0.4 is 11.4 Å². The van der Waals surface area contributed by atoms with Crippen molar-refractivity contribution >= 4 is 17.1 Å². The highest BCUT2D eigenvalue weighted by molar-refractivity contribution is 5.72. The standard InChI is InChI=1S/C16H21N5O3/c1-4-6-20-10-8-18-15(17)19-13(10)21(16(20)23)14-9(3)7-12(24-14)11(22)5-2/h1,8-9,11-12,14,22H,5-7H2,2-3H3,(H2,17,18,19)/t9-,11+,12+,14-/m1/s1. The van der Waals surface area contributed by atoms with Crippen LogP contribution in [0.4, 0.5) is 5.95 Å². The number of hydrogen-bond acceptors (Lipinski definition) is 6. The van der Waals surface area contributed by atoms with Gasteiger partial charge in [-0.15, -0.1) is 6.42 Å². The lowest BCUT2D eigenvalue weighted by molar-refractivity contribution is -0.0650. The number of anilines is 1. The Morgan fingerprint density at radius 2 is 2.38 bits per heavy atom. The van der Waals surface area contributed by atoms with E-state index in [1.54, 1.807) is 0 Å². The molecule has 0 amide bonds. The summed E-state index contributed by atoms with van der Waals surface area (Å²) in [6.07, 6.45) is 6.71. The third-order valence-corrected chi connectivity index (χ3v) is 4.48. The summed E-state index contributed by atoms with van der Waals surface area (Å²) >= 11 is 0. The number of rotatable bonds is 4. The van der Waals surface area contributed by atoms with E-state index in [1.807, 2.05) is 13.8 Å². The zero-order valence-electron chi connectivity index (χ0n) is 13.7. The van der Waals surface area contributed by atoms with Crippen LogP contribution in [-0.2, 0) is 11.3 Å². The normalized spacial score (nSPS) is 25.0. The molecule has 3 N–H and O–H groups in total. The molecule has 0 spiro atoms. The molecule has 3 heterocycles. The molecule has 8 heteroatoms. The Morgan fingerprint density at radius 3 is 3.04 bits per heavy atom. The van der Waals surface area contributed by atoms with E-state index in [-0.39, 0.29) is 30.2 Å². The second-order valence-corrected chi connectivity index (χ2v) is 6.13. The molecule has 0 unspecified atom stereocenters. The lowest BCUT2D eigenvalue weighted by Crippen LogP contribution is -2.31. The molecule has 0 aliphatic carbocycles. The monoisotopic (exact) mass is 331 g/mol. The number of aliphatic hydroxyl groups is 1. The first-order valence-electron chi connectivity index (χ1n) is 7.98. The summed E-state index contributed by atoms with van der Waals surface area (Å²) in [5.74, 6) is 2.58. The molecule has 1 aliphatic rings. The van der Waals surface area contributed by atoms with E-state index in [0.29, 0.717) is 24.0 Å². The summed E-state index contributed by atoms with van der Waals surface area (Å²) in [4.78, 5) is 21.0. The van der Waals surface area contributed by atoms with E-state index >= 15 is 0 Å². The van der Waals surface area contributed by atoms with Crippen LogP contribution in [-0.4, -0.2) is 36.4 Å². The summed E-state index contributed by atoms with van der Waals surface area (Å²) in [5, 5.41) is 10.1. The zero-order chi connectivity index (χ0) is 17.4. The smallest absolute Gasteiger partial charge is 0.333 e. The number of aliphatic hydroxyl groups excluding tert-OH is 1. The fourth-order valence-electron chi connectivity index (χ4n) is 3.22.